The van der Waals surface area contributed by atoms with Crippen molar-refractivity contribution in [2.75, 3.05) is 6.61 Å². The molecule has 150 valence electrons. The molecule has 5 nitrogen and oxygen atoms in total. The molecule has 0 atom stereocenters. The number of hydrogen-bond donors (Lipinski definition) is 0. The standard InChI is InChI=1S/C25H23N3O2/c1-2-3-11-30-25(29)24-18-28(16-22-6-4-5-21(12-22)15-27)17-23(24)13-19-7-9-20(14-26)10-8-19/h4-10,12,17-18H,2-3,11,13,16H2,1H3. The van der Waals surface area contributed by atoms with Gasteiger partial charge in [-0.25, -0.2) is 4.79 Å². The Hall–Kier alpha value is -3.83. The number of esters is 1. The van der Waals surface area contributed by atoms with E-state index in [0.717, 1.165) is 29.5 Å². The molecule has 1 heterocycles. The van der Waals surface area contributed by atoms with Crippen LogP contribution in [0.4, 0.5) is 0 Å². The summed E-state index contributed by atoms with van der Waals surface area (Å²) >= 11 is 0. The van der Waals surface area contributed by atoms with Crippen molar-refractivity contribution in [1.29, 1.82) is 10.5 Å². The predicted molar refractivity (Wildman–Crippen MR) is 114 cm³/mol. The molecule has 0 radical (unpaired) electrons. The molecule has 0 aliphatic heterocycles. The van der Waals surface area contributed by atoms with E-state index in [9.17, 15) is 4.79 Å². The molecule has 0 aliphatic carbocycles. The zero-order valence-electron chi connectivity index (χ0n) is 17.0. The van der Waals surface area contributed by atoms with Gasteiger partial charge >= 0.3 is 5.97 Å². The molecule has 1 aromatic heterocycles. The first-order valence-corrected chi connectivity index (χ1v) is 9.96. The summed E-state index contributed by atoms with van der Waals surface area (Å²) in [6.45, 7) is 3.01. The molecule has 30 heavy (non-hydrogen) atoms. The first-order chi connectivity index (χ1) is 14.6. The Kier molecular flexibility index (Phi) is 7.03. The van der Waals surface area contributed by atoms with Crippen molar-refractivity contribution in [3.63, 3.8) is 0 Å². The molecular weight excluding hydrogens is 374 g/mol. The largest absolute Gasteiger partial charge is 0.462 e. The van der Waals surface area contributed by atoms with E-state index < -0.39 is 0 Å². The van der Waals surface area contributed by atoms with Gasteiger partial charge in [0.1, 0.15) is 0 Å². The van der Waals surface area contributed by atoms with Crippen LogP contribution in [0.2, 0.25) is 0 Å². The first-order valence-electron chi connectivity index (χ1n) is 9.96. The highest BCUT2D eigenvalue weighted by atomic mass is 16.5. The fourth-order valence-corrected chi connectivity index (χ4v) is 3.23. The molecular formula is C25H23N3O2. The number of ether oxygens (including phenoxy) is 1. The van der Waals surface area contributed by atoms with Gasteiger partial charge in [-0.1, -0.05) is 37.6 Å². The van der Waals surface area contributed by atoms with E-state index in [1.807, 2.05) is 47.3 Å². The molecule has 0 fully saturated rings. The lowest BCUT2D eigenvalue weighted by atomic mass is 10.0. The second-order valence-electron chi connectivity index (χ2n) is 7.16. The lowest BCUT2D eigenvalue weighted by Gasteiger charge is -2.05. The van der Waals surface area contributed by atoms with Gasteiger partial charge < -0.3 is 9.30 Å². The van der Waals surface area contributed by atoms with Crippen LogP contribution in [0.15, 0.2) is 60.9 Å². The molecule has 3 rings (SSSR count). The molecule has 2 aromatic carbocycles. The third kappa shape index (κ3) is 5.37. The van der Waals surface area contributed by atoms with Crippen molar-refractivity contribution in [3.05, 3.63) is 94.3 Å². The summed E-state index contributed by atoms with van der Waals surface area (Å²) in [7, 11) is 0. The van der Waals surface area contributed by atoms with Gasteiger partial charge in [-0.2, -0.15) is 10.5 Å². The molecule has 0 amide bonds. The Morgan fingerprint density at radius 2 is 1.77 bits per heavy atom. The Balaban J connectivity index is 1.86. The number of unbranched alkanes of at least 4 members (excludes halogenated alkanes) is 1. The summed E-state index contributed by atoms with van der Waals surface area (Å²) in [5, 5.41) is 18.1. The Labute approximate surface area is 176 Å². The fraction of sp³-hybridized carbons (Fsp3) is 0.240. The van der Waals surface area contributed by atoms with Gasteiger partial charge in [-0.05, 0) is 53.8 Å². The summed E-state index contributed by atoms with van der Waals surface area (Å²) in [4.78, 5) is 12.7. The summed E-state index contributed by atoms with van der Waals surface area (Å²) in [6.07, 6.45) is 6.12. The van der Waals surface area contributed by atoms with Crippen LogP contribution in [-0.4, -0.2) is 17.1 Å². The minimum atomic E-state index is -0.323. The van der Waals surface area contributed by atoms with Crippen LogP contribution in [0.1, 0.15) is 57.9 Å². The van der Waals surface area contributed by atoms with Gasteiger partial charge in [0, 0.05) is 18.9 Å². The molecule has 0 unspecified atom stereocenters. The number of carbonyl (C=O) groups is 1. The maximum absolute atomic E-state index is 12.7. The van der Waals surface area contributed by atoms with Gasteiger partial charge in [0.25, 0.3) is 0 Å². The van der Waals surface area contributed by atoms with Crippen LogP contribution in [0.5, 0.6) is 0 Å². The highest BCUT2D eigenvalue weighted by molar-refractivity contribution is 5.91. The number of hydrogen-bond acceptors (Lipinski definition) is 4. The van der Waals surface area contributed by atoms with Crippen molar-refractivity contribution in [2.45, 2.75) is 32.7 Å². The van der Waals surface area contributed by atoms with Gasteiger partial charge in [0.15, 0.2) is 0 Å². The molecule has 0 saturated carbocycles. The van der Waals surface area contributed by atoms with Gasteiger partial charge in [-0.15, -0.1) is 0 Å². The van der Waals surface area contributed by atoms with Gasteiger partial charge in [-0.3, -0.25) is 0 Å². The summed E-state index contributed by atoms with van der Waals surface area (Å²) in [5.74, 6) is -0.323. The van der Waals surface area contributed by atoms with E-state index in [-0.39, 0.29) is 5.97 Å². The van der Waals surface area contributed by atoms with E-state index >= 15 is 0 Å². The van der Waals surface area contributed by atoms with Crippen LogP contribution < -0.4 is 0 Å². The molecule has 5 heteroatoms. The lowest BCUT2D eigenvalue weighted by Crippen LogP contribution is -2.08. The first kappa shape index (κ1) is 20.9. The number of nitriles is 2. The molecule has 0 bridgehead atoms. The van der Waals surface area contributed by atoms with E-state index in [0.29, 0.717) is 36.3 Å². The molecule has 0 aliphatic rings. The number of carbonyl (C=O) groups excluding carboxylic acids is 1. The minimum Gasteiger partial charge on any atom is -0.462 e. The van der Waals surface area contributed by atoms with E-state index in [4.69, 9.17) is 15.3 Å². The smallest absolute Gasteiger partial charge is 0.339 e. The minimum absolute atomic E-state index is 0.323. The van der Waals surface area contributed by atoms with Crippen LogP contribution in [0.3, 0.4) is 0 Å². The van der Waals surface area contributed by atoms with Gasteiger partial charge in [0.05, 0.1) is 35.4 Å². The lowest BCUT2D eigenvalue weighted by molar-refractivity contribution is 0.0498. The predicted octanol–water partition coefficient (Wildman–Crippen LogP) is 4.83. The van der Waals surface area contributed by atoms with Crippen molar-refractivity contribution in [1.82, 2.24) is 4.57 Å². The van der Waals surface area contributed by atoms with Gasteiger partial charge in [0.2, 0.25) is 0 Å². The molecule has 0 N–H and O–H groups in total. The number of rotatable bonds is 8. The zero-order valence-corrected chi connectivity index (χ0v) is 17.0. The van der Waals surface area contributed by atoms with Crippen LogP contribution >= 0.6 is 0 Å². The maximum Gasteiger partial charge on any atom is 0.339 e. The second-order valence-corrected chi connectivity index (χ2v) is 7.16. The number of nitrogens with zero attached hydrogens (tertiary/aromatic N) is 3. The SMILES string of the molecule is CCCCOC(=O)c1cn(Cc2cccc(C#N)c2)cc1Cc1ccc(C#N)cc1. The second kappa shape index (κ2) is 10.1. The fourth-order valence-electron chi connectivity index (χ4n) is 3.23. The van der Waals surface area contributed by atoms with Crippen molar-refractivity contribution in [2.24, 2.45) is 0 Å². The topological polar surface area (TPSA) is 78.8 Å². The Morgan fingerprint density at radius 3 is 2.47 bits per heavy atom. The van der Waals surface area contributed by atoms with E-state index in [1.165, 1.54) is 0 Å². The third-order valence-electron chi connectivity index (χ3n) is 4.81. The highest BCUT2D eigenvalue weighted by Gasteiger charge is 2.17. The van der Waals surface area contributed by atoms with Crippen LogP contribution in [0.25, 0.3) is 0 Å². The Bertz CT molecular complexity index is 1100. The average molecular weight is 397 g/mol. The summed E-state index contributed by atoms with van der Waals surface area (Å²) in [6, 6.07) is 19.1. The van der Waals surface area contributed by atoms with E-state index in [2.05, 4.69) is 19.1 Å². The van der Waals surface area contributed by atoms with Crippen LogP contribution in [-0.2, 0) is 17.7 Å². The zero-order chi connectivity index (χ0) is 21.3. The Morgan fingerprint density at radius 1 is 1.00 bits per heavy atom. The molecule has 0 spiro atoms. The quantitative estimate of drug-likeness (QED) is 0.403. The summed E-state index contributed by atoms with van der Waals surface area (Å²) < 4.78 is 7.40. The number of aromatic nitrogens is 1. The molecule has 3 aromatic rings. The van der Waals surface area contributed by atoms with Crippen molar-refractivity contribution in [3.8, 4) is 12.1 Å². The summed E-state index contributed by atoms with van der Waals surface area (Å²) in [5.41, 5.74) is 4.63. The van der Waals surface area contributed by atoms with Crippen LogP contribution in [0, 0.1) is 22.7 Å². The normalized spacial score (nSPS) is 10.2. The average Bonchev–Trinajstić information content (AvgIpc) is 3.16. The third-order valence-corrected chi connectivity index (χ3v) is 4.81. The monoisotopic (exact) mass is 397 g/mol. The van der Waals surface area contributed by atoms with Crippen molar-refractivity contribution >= 4 is 5.97 Å². The molecule has 0 saturated heterocycles. The van der Waals surface area contributed by atoms with E-state index in [1.54, 1.807) is 18.2 Å². The van der Waals surface area contributed by atoms with Crippen molar-refractivity contribution < 1.29 is 9.53 Å². The highest BCUT2D eigenvalue weighted by Crippen LogP contribution is 2.19. The maximum atomic E-state index is 12.7. The number of benzene rings is 2.